The van der Waals surface area contributed by atoms with E-state index < -0.39 is 0 Å². The van der Waals surface area contributed by atoms with Gasteiger partial charge in [0.2, 0.25) is 18.1 Å². The van der Waals surface area contributed by atoms with Gasteiger partial charge in [-0.25, -0.2) is 0 Å². The van der Waals surface area contributed by atoms with E-state index in [4.69, 9.17) is 14.1 Å². The van der Waals surface area contributed by atoms with Crippen molar-refractivity contribution in [2.75, 3.05) is 0 Å². The Morgan fingerprint density at radius 2 is 1.97 bits per heavy atom. The molecular formula is C24H23N7O3. The average molecular weight is 457 g/mol. The Balaban J connectivity index is 0.000000764. The van der Waals surface area contributed by atoms with Crippen LogP contribution in [0.3, 0.4) is 0 Å². The van der Waals surface area contributed by atoms with E-state index in [2.05, 4.69) is 37.2 Å². The Morgan fingerprint density at radius 3 is 2.65 bits per heavy atom. The van der Waals surface area contributed by atoms with Gasteiger partial charge in [-0.1, -0.05) is 29.4 Å². The van der Waals surface area contributed by atoms with E-state index >= 15 is 0 Å². The van der Waals surface area contributed by atoms with Crippen molar-refractivity contribution in [3.05, 3.63) is 65.7 Å². The third-order valence-electron chi connectivity index (χ3n) is 5.55. The van der Waals surface area contributed by atoms with Gasteiger partial charge in [-0.05, 0) is 49.8 Å². The number of primary amides is 1. The van der Waals surface area contributed by atoms with Crippen LogP contribution in [0.15, 0.2) is 53.2 Å². The molecule has 4 heterocycles. The molecule has 4 aromatic heterocycles. The molecule has 0 spiro atoms. The number of nitrogens with two attached hydrogens (primary N) is 1. The zero-order valence-corrected chi connectivity index (χ0v) is 18.6. The molecule has 34 heavy (non-hydrogen) atoms. The van der Waals surface area contributed by atoms with E-state index in [-0.39, 0.29) is 6.41 Å². The molecule has 10 nitrogen and oxygen atoms in total. The Morgan fingerprint density at radius 1 is 1.18 bits per heavy atom. The fraction of sp³-hybridized carbons (Fsp3) is 0.250. The fourth-order valence-electron chi connectivity index (χ4n) is 3.75. The average Bonchev–Trinajstić information content (AvgIpc) is 3.39. The van der Waals surface area contributed by atoms with E-state index in [0.717, 1.165) is 28.8 Å². The number of aromatic nitrogens is 6. The summed E-state index contributed by atoms with van der Waals surface area (Å²) < 4.78 is 13.0. The number of ether oxygens (including phenoxy) is 1. The van der Waals surface area contributed by atoms with Crippen molar-refractivity contribution in [2.45, 2.75) is 32.8 Å². The maximum atomic E-state index is 8.58. The van der Waals surface area contributed by atoms with Crippen molar-refractivity contribution >= 4 is 22.8 Å². The minimum atomic E-state index is 0.250. The van der Waals surface area contributed by atoms with Crippen molar-refractivity contribution in [1.82, 2.24) is 30.0 Å². The van der Waals surface area contributed by atoms with Gasteiger partial charge in [-0.2, -0.15) is 4.52 Å². The van der Waals surface area contributed by atoms with Gasteiger partial charge in [0.1, 0.15) is 12.4 Å². The van der Waals surface area contributed by atoms with Crippen molar-refractivity contribution in [1.29, 1.82) is 0 Å². The summed E-state index contributed by atoms with van der Waals surface area (Å²) in [5, 5.41) is 19.1. The molecule has 6 rings (SSSR count). The molecule has 2 N–H and O–H groups in total. The summed E-state index contributed by atoms with van der Waals surface area (Å²) in [5.41, 5.74) is 7.53. The maximum Gasteiger partial charge on any atom is 0.240 e. The van der Waals surface area contributed by atoms with Crippen LogP contribution < -0.4 is 10.5 Å². The van der Waals surface area contributed by atoms with E-state index in [0.29, 0.717) is 35.4 Å². The first kappa shape index (κ1) is 21.5. The lowest BCUT2D eigenvalue weighted by molar-refractivity contribution is -0.106. The topological polar surface area (TPSA) is 134 Å². The van der Waals surface area contributed by atoms with Gasteiger partial charge in [0, 0.05) is 23.0 Å². The number of aryl methyl sites for hydroxylation is 1. The van der Waals surface area contributed by atoms with E-state index in [1.807, 2.05) is 43.5 Å². The number of benzene rings is 1. The largest absolute Gasteiger partial charge is 0.470 e. The molecule has 0 aliphatic heterocycles. The Hall–Kier alpha value is -4.34. The number of fused-ring (bicyclic) bond motifs is 3. The van der Waals surface area contributed by atoms with Crippen LogP contribution in [0, 0.1) is 12.8 Å². The molecule has 1 aromatic carbocycles. The first-order valence-corrected chi connectivity index (χ1v) is 11.0. The smallest absolute Gasteiger partial charge is 0.240 e. The third-order valence-corrected chi connectivity index (χ3v) is 5.55. The monoisotopic (exact) mass is 457 g/mol. The van der Waals surface area contributed by atoms with E-state index in [1.165, 1.54) is 18.4 Å². The summed E-state index contributed by atoms with van der Waals surface area (Å²) in [6.45, 7) is 2.16. The van der Waals surface area contributed by atoms with Crippen LogP contribution in [0.2, 0.25) is 0 Å². The molecular weight excluding hydrogens is 434 g/mol. The highest BCUT2D eigenvalue weighted by Gasteiger charge is 2.21. The molecule has 1 aliphatic carbocycles. The quantitative estimate of drug-likeness (QED) is 0.384. The van der Waals surface area contributed by atoms with E-state index in [1.54, 1.807) is 10.6 Å². The predicted molar refractivity (Wildman–Crippen MR) is 124 cm³/mol. The second-order valence-electron chi connectivity index (χ2n) is 8.16. The minimum absolute atomic E-state index is 0.250. The summed E-state index contributed by atoms with van der Waals surface area (Å²) in [6, 6.07) is 13.8. The lowest BCUT2D eigenvalue weighted by Gasteiger charge is -2.10. The second kappa shape index (κ2) is 9.26. The summed E-state index contributed by atoms with van der Waals surface area (Å²) in [6.07, 6.45) is 6.00. The lowest BCUT2D eigenvalue weighted by Crippen LogP contribution is -2.04. The van der Waals surface area contributed by atoms with Crippen LogP contribution in [0.25, 0.3) is 27.9 Å². The first-order chi connectivity index (χ1) is 16.7. The summed E-state index contributed by atoms with van der Waals surface area (Å²) in [7, 11) is 0. The SMILES string of the molecule is Cc1cc(-c2nnc3c4ccccc4c(OCc4ccc(CC5CC5)cn4)nn23)no1.NC=O. The third kappa shape index (κ3) is 4.42. The lowest BCUT2D eigenvalue weighted by atomic mass is 10.1. The first-order valence-electron chi connectivity index (χ1n) is 11.0. The molecule has 1 amide bonds. The van der Waals surface area contributed by atoms with Crippen LogP contribution in [-0.4, -0.2) is 36.4 Å². The number of carbonyl (C=O) groups excluding carboxylic acids is 1. The molecule has 1 saturated carbocycles. The molecule has 5 aromatic rings. The second-order valence-corrected chi connectivity index (χ2v) is 8.16. The van der Waals surface area contributed by atoms with Crippen LogP contribution in [0.1, 0.15) is 29.9 Å². The highest BCUT2D eigenvalue weighted by atomic mass is 16.5. The van der Waals surface area contributed by atoms with Gasteiger partial charge < -0.3 is 15.0 Å². The number of carbonyl (C=O) groups is 1. The molecule has 0 saturated heterocycles. The standard InChI is InChI=1S/C23H20N6O2.CH3NO/c1-14-10-20(28-31-14)22-26-25-21-18-4-2-3-5-19(18)23(27-29(21)22)30-13-17-9-8-16(12-24-17)11-15-6-7-15;2-1-3/h2-5,8-10,12,15H,6-7,11,13H2,1H3;1H,(H2,2,3). The van der Waals surface area contributed by atoms with Crippen LogP contribution in [0.4, 0.5) is 0 Å². The minimum Gasteiger partial charge on any atom is -0.470 e. The molecule has 0 atom stereocenters. The van der Waals surface area contributed by atoms with Crippen molar-refractivity contribution in [3.63, 3.8) is 0 Å². The number of pyridine rings is 1. The molecule has 172 valence electrons. The molecule has 0 unspecified atom stereocenters. The highest BCUT2D eigenvalue weighted by Crippen LogP contribution is 2.32. The number of amides is 1. The van der Waals surface area contributed by atoms with E-state index in [9.17, 15) is 0 Å². The van der Waals surface area contributed by atoms with Gasteiger partial charge in [-0.3, -0.25) is 9.78 Å². The number of hydrogen-bond acceptors (Lipinski definition) is 8. The van der Waals surface area contributed by atoms with Gasteiger partial charge >= 0.3 is 0 Å². The Bertz CT molecular complexity index is 1440. The molecule has 0 radical (unpaired) electrons. The summed E-state index contributed by atoms with van der Waals surface area (Å²) >= 11 is 0. The maximum absolute atomic E-state index is 8.58. The fourth-order valence-corrected chi connectivity index (χ4v) is 3.75. The molecule has 1 aliphatic rings. The highest BCUT2D eigenvalue weighted by molar-refractivity contribution is 5.96. The van der Waals surface area contributed by atoms with Crippen molar-refractivity contribution < 1.29 is 14.1 Å². The Kier molecular flexibility index (Phi) is 5.86. The molecule has 0 bridgehead atoms. The van der Waals surface area contributed by atoms with Gasteiger partial charge in [0.25, 0.3) is 0 Å². The Labute approximate surface area is 194 Å². The zero-order chi connectivity index (χ0) is 23.5. The predicted octanol–water partition coefficient (Wildman–Crippen LogP) is 3.27. The number of nitrogens with zero attached hydrogens (tertiary/aromatic N) is 6. The number of rotatable bonds is 6. The summed E-state index contributed by atoms with van der Waals surface area (Å²) in [5.74, 6) is 2.54. The van der Waals surface area contributed by atoms with Gasteiger partial charge in [0.05, 0.1) is 5.69 Å². The zero-order valence-electron chi connectivity index (χ0n) is 18.6. The normalized spacial score (nSPS) is 13.0. The molecule has 1 fully saturated rings. The summed E-state index contributed by atoms with van der Waals surface area (Å²) in [4.78, 5) is 13.2. The van der Waals surface area contributed by atoms with Gasteiger partial charge in [0.15, 0.2) is 11.3 Å². The number of hydrogen-bond donors (Lipinski definition) is 1. The van der Waals surface area contributed by atoms with Crippen LogP contribution in [0.5, 0.6) is 5.88 Å². The molecule has 10 heteroatoms. The van der Waals surface area contributed by atoms with Crippen LogP contribution >= 0.6 is 0 Å². The van der Waals surface area contributed by atoms with Crippen LogP contribution in [-0.2, 0) is 17.8 Å². The van der Waals surface area contributed by atoms with Crippen molar-refractivity contribution in [3.8, 4) is 17.4 Å². The van der Waals surface area contributed by atoms with Gasteiger partial charge in [-0.15, -0.1) is 15.3 Å². The van der Waals surface area contributed by atoms with Crippen molar-refractivity contribution in [2.24, 2.45) is 11.7 Å².